The van der Waals surface area contributed by atoms with Gasteiger partial charge >= 0.3 is 0 Å². The number of hydrogen-bond donors (Lipinski definition) is 1. The monoisotopic (exact) mass is 391 g/mol. The molecule has 0 atom stereocenters. The van der Waals surface area contributed by atoms with Crippen LogP contribution in [0.15, 0.2) is 65.6 Å². The number of hydrogen-bond acceptors (Lipinski definition) is 4. The minimum atomic E-state index is -3.92. The molecular weight excluding hydrogens is 374 g/mol. The van der Waals surface area contributed by atoms with E-state index < -0.39 is 10.0 Å². The Morgan fingerprint density at radius 3 is 2.00 bits per heavy atom. The molecule has 140 valence electrons. The van der Waals surface area contributed by atoms with E-state index in [2.05, 4.69) is 4.72 Å². The number of anilines is 1. The van der Waals surface area contributed by atoms with Gasteiger partial charge in [0.2, 0.25) is 0 Å². The van der Waals surface area contributed by atoms with Crippen LogP contribution < -0.4 is 4.72 Å². The number of rotatable bonds is 3. The maximum absolute atomic E-state index is 12.9. The Bertz CT molecular complexity index is 1260. The third-order valence-corrected chi connectivity index (χ3v) is 6.42. The second kappa shape index (κ2) is 6.42. The summed E-state index contributed by atoms with van der Waals surface area (Å²) in [5.74, 6) is -0.634. The highest BCUT2D eigenvalue weighted by atomic mass is 32.2. The molecule has 1 N–H and O–H groups in total. The summed E-state index contributed by atoms with van der Waals surface area (Å²) in [5, 5.41) is 0. The van der Waals surface area contributed by atoms with E-state index in [9.17, 15) is 18.0 Å². The van der Waals surface area contributed by atoms with Gasteiger partial charge in [0.1, 0.15) is 0 Å². The fraction of sp³-hybridized carbons (Fsp3) is 0.0909. The number of benzene rings is 3. The highest BCUT2D eigenvalue weighted by Gasteiger charge is 2.30. The summed E-state index contributed by atoms with van der Waals surface area (Å²) in [7, 11) is -3.92. The van der Waals surface area contributed by atoms with Crippen molar-refractivity contribution in [2.75, 3.05) is 4.72 Å². The number of carbonyl (C=O) groups is 2. The smallest absolute Gasteiger partial charge is 0.261 e. The summed E-state index contributed by atoms with van der Waals surface area (Å²) in [6.45, 7) is 3.73. The number of nitrogens with one attached hydrogen (secondary N) is 1. The second-order valence-electron chi connectivity index (χ2n) is 6.76. The zero-order valence-corrected chi connectivity index (χ0v) is 16.1. The molecule has 0 aromatic heterocycles. The van der Waals surface area contributed by atoms with Gasteiger partial charge in [-0.3, -0.25) is 14.3 Å². The van der Waals surface area contributed by atoms with E-state index in [0.29, 0.717) is 11.3 Å². The summed E-state index contributed by atoms with van der Waals surface area (Å²) >= 11 is 0. The lowest BCUT2D eigenvalue weighted by Crippen LogP contribution is -2.22. The van der Waals surface area contributed by atoms with Crippen LogP contribution in [0.25, 0.3) is 0 Å². The van der Waals surface area contributed by atoms with Crippen LogP contribution in [0.4, 0.5) is 5.69 Å². The largest absolute Gasteiger partial charge is 0.289 e. The van der Waals surface area contributed by atoms with Crippen molar-refractivity contribution in [1.29, 1.82) is 0 Å². The van der Waals surface area contributed by atoms with Gasteiger partial charge in [-0.25, -0.2) is 8.42 Å². The van der Waals surface area contributed by atoms with Crippen LogP contribution in [0, 0.1) is 13.8 Å². The molecule has 0 bridgehead atoms. The lowest BCUT2D eigenvalue weighted by molar-refractivity contribution is 0.0979. The standard InChI is InChI=1S/C22H17NO4S/c1-13-6-5-9-20(14(13)2)23-28(26,27)15-10-11-18-19(12-15)22(25)17-8-4-3-7-16(17)21(18)24/h3-12,23H,1-2H3. The van der Waals surface area contributed by atoms with Gasteiger partial charge in [0.25, 0.3) is 10.0 Å². The predicted molar refractivity (Wildman–Crippen MR) is 106 cm³/mol. The van der Waals surface area contributed by atoms with Gasteiger partial charge in [-0.05, 0) is 49.2 Å². The maximum atomic E-state index is 12.9. The molecule has 0 aliphatic heterocycles. The molecule has 0 amide bonds. The molecule has 1 aliphatic carbocycles. The van der Waals surface area contributed by atoms with E-state index in [0.717, 1.165) is 11.1 Å². The van der Waals surface area contributed by atoms with Crippen LogP contribution in [0.1, 0.15) is 43.0 Å². The van der Waals surface area contributed by atoms with Crippen molar-refractivity contribution >= 4 is 27.3 Å². The number of fused-ring (bicyclic) bond motifs is 2. The minimum Gasteiger partial charge on any atom is -0.289 e. The Hall–Kier alpha value is -3.25. The van der Waals surface area contributed by atoms with Crippen LogP contribution in [0.5, 0.6) is 0 Å². The SMILES string of the molecule is Cc1cccc(NS(=O)(=O)c2ccc3c(c2)C(=O)c2ccccc2C3=O)c1C. The first kappa shape index (κ1) is 18.1. The van der Waals surface area contributed by atoms with E-state index in [4.69, 9.17) is 0 Å². The molecule has 1 aliphatic rings. The van der Waals surface area contributed by atoms with Gasteiger partial charge in [0.15, 0.2) is 11.6 Å². The summed E-state index contributed by atoms with van der Waals surface area (Å²) in [6.07, 6.45) is 0. The van der Waals surface area contributed by atoms with Crippen molar-refractivity contribution < 1.29 is 18.0 Å². The van der Waals surface area contributed by atoms with Crippen LogP contribution in [-0.4, -0.2) is 20.0 Å². The van der Waals surface area contributed by atoms with Crippen molar-refractivity contribution in [3.63, 3.8) is 0 Å². The molecular formula is C22H17NO4S. The molecule has 28 heavy (non-hydrogen) atoms. The maximum Gasteiger partial charge on any atom is 0.261 e. The summed E-state index contributed by atoms with van der Waals surface area (Å²) in [6, 6.07) is 15.9. The molecule has 0 unspecified atom stereocenters. The van der Waals surface area contributed by atoms with Gasteiger partial charge < -0.3 is 0 Å². The lowest BCUT2D eigenvalue weighted by atomic mass is 9.84. The van der Waals surface area contributed by atoms with E-state index in [1.165, 1.54) is 18.2 Å². The topological polar surface area (TPSA) is 80.3 Å². The minimum absolute atomic E-state index is 0.0623. The highest BCUT2D eigenvalue weighted by molar-refractivity contribution is 7.92. The second-order valence-corrected chi connectivity index (χ2v) is 8.45. The van der Waals surface area contributed by atoms with Crippen LogP contribution in [-0.2, 0) is 10.0 Å². The Labute approximate surface area is 163 Å². The number of sulfonamides is 1. The highest BCUT2D eigenvalue weighted by Crippen LogP contribution is 2.30. The van der Waals surface area contributed by atoms with Crippen LogP contribution in [0.3, 0.4) is 0 Å². The first-order valence-corrected chi connectivity index (χ1v) is 10.2. The fourth-order valence-corrected chi connectivity index (χ4v) is 4.46. The molecule has 0 spiro atoms. The summed E-state index contributed by atoms with van der Waals surface area (Å²) in [5.41, 5.74) is 3.21. The summed E-state index contributed by atoms with van der Waals surface area (Å²) in [4.78, 5) is 25.4. The third kappa shape index (κ3) is 2.82. The average molecular weight is 391 g/mol. The molecule has 4 rings (SSSR count). The van der Waals surface area contributed by atoms with E-state index in [1.54, 1.807) is 36.4 Å². The Kier molecular flexibility index (Phi) is 4.16. The number of aryl methyl sites for hydroxylation is 1. The lowest BCUT2D eigenvalue weighted by Gasteiger charge is -2.18. The fourth-order valence-electron chi connectivity index (χ4n) is 3.31. The van der Waals surface area contributed by atoms with Gasteiger partial charge in [0.05, 0.1) is 10.6 Å². The Morgan fingerprint density at radius 2 is 1.32 bits per heavy atom. The molecule has 0 radical (unpaired) electrons. The molecule has 0 fully saturated rings. The molecule has 3 aromatic carbocycles. The summed E-state index contributed by atoms with van der Waals surface area (Å²) < 4.78 is 28.3. The van der Waals surface area contributed by atoms with Gasteiger partial charge in [-0.2, -0.15) is 0 Å². The van der Waals surface area contributed by atoms with E-state index in [-0.39, 0.29) is 33.2 Å². The number of carbonyl (C=O) groups excluding carboxylic acids is 2. The number of ketones is 2. The average Bonchev–Trinajstić information content (AvgIpc) is 2.69. The Balaban J connectivity index is 1.78. The molecule has 0 saturated carbocycles. The van der Waals surface area contributed by atoms with Crippen molar-refractivity contribution in [1.82, 2.24) is 0 Å². The normalized spacial score (nSPS) is 13.1. The zero-order chi connectivity index (χ0) is 20.1. The van der Waals surface area contributed by atoms with E-state index in [1.807, 2.05) is 19.9 Å². The van der Waals surface area contributed by atoms with Gasteiger partial charge in [-0.15, -0.1) is 0 Å². The van der Waals surface area contributed by atoms with Gasteiger partial charge in [-0.1, -0.05) is 36.4 Å². The van der Waals surface area contributed by atoms with E-state index >= 15 is 0 Å². The van der Waals surface area contributed by atoms with Crippen molar-refractivity contribution in [2.24, 2.45) is 0 Å². The van der Waals surface area contributed by atoms with Gasteiger partial charge in [0, 0.05) is 22.3 Å². The van der Waals surface area contributed by atoms with Crippen LogP contribution in [0.2, 0.25) is 0 Å². The quantitative estimate of drug-likeness (QED) is 0.575. The molecule has 0 saturated heterocycles. The molecule has 0 heterocycles. The first-order valence-electron chi connectivity index (χ1n) is 8.71. The molecule has 3 aromatic rings. The zero-order valence-electron chi connectivity index (χ0n) is 15.3. The van der Waals surface area contributed by atoms with Crippen molar-refractivity contribution in [2.45, 2.75) is 18.7 Å². The third-order valence-electron chi connectivity index (χ3n) is 5.06. The first-order chi connectivity index (χ1) is 13.3. The molecule has 5 nitrogen and oxygen atoms in total. The molecule has 6 heteroatoms. The predicted octanol–water partition coefficient (Wildman–Crippen LogP) is 3.88. The van der Waals surface area contributed by atoms with Crippen molar-refractivity contribution in [3.8, 4) is 0 Å². The van der Waals surface area contributed by atoms with Crippen molar-refractivity contribution in [3.05, 3.63) is 94.0 Å². The van der Waals surface area contributed by atoms with Crippen LogP contribution >= 0.6 is 0 Å². The Morgan fingerprint density at radius 1 is 0.714 bits per heavy atom.